The standard InChI is InChI=1S/C20H29N7/c1-2-5-17(6-3-1)27-20(22-23-24-27)19(16-8-10-21-11-9-16)26-14-13-25-12-4-7-18(25)15-26/h8-11,17-19H,1-7,12-15H2. The summed E-state index contributed by atoms with van der Waals surface area (Å²) in [5.41, 5.74) is 1.25. The molecule has 0 amide bonds. The van der Waals surface area contributed by atoms with Gasteiger partial charge in [0.2, 0.25) is 0 Å². The maximum atomic E-state index is 4.55. The molecule has 0 aromatic carbocycles. The Bertz CT molecular complexity index is 740. The Morgan fingerprint density at radius 2 is 1.70 bits per heavy atom. The Morgan fingerprint density at radius 3 is 2.56 bits per heavy atom. The number of rotatable bonds is 4. The van der Waals surface area contributed by atoms with Gasteiger partial charge in [-0.05, 0) is 60.4 Å². The van der Waals surface area contributed by atoms with Crippen LogP contribution in [0.4, 0.5) is 0 Å². The van der Waals surface area contributed by atoms with Crippen LogP contribution in [0, 0.1) is 0 Å². The van der Waals surface area contributed by atoms with Gasteiger partial charge in [0, 0.05) is 38.1 Å². The van der Waals surface area contributed by atoms with E-state index >= 15 is 0 Å². The van der Waals surface area contributed by atoms with Gasteiger partial charge in [0.1, 0.15) is 0 Å². The molecule has 2 saturated heterocycles. The fourth-order valence-electron chi connectivity index (χ4n) is 5.28. The van der Waals surface area contributed by atoms with Crippen molar-refractivity contribution in [2.45, 2.75) is 63.1 Å². The molecule has 144 valence electrons. The molecule has 3 fully saturated rings. The lowest BCUT2D eigenvalue weighted by atomic mass is 9.95. The molecule has 2 aromatic rings. The van der Waals surface area contributed by atoms with Crippen LogP contribution in [0.2, 0.25) is 0 Å². The van der Waals surface area contributed by atoms with Crippen LogP contribution in [0.5, 0.6) is 0 Å². The molecule has 7 nitrogen and oxygen atoms in total. The highest BCUT2D eigenvalue weighted by molar-refractivity contribution is 5.23. The number of tetrazole rings is 1. The van der Waals surface area contributed by atoms with E-state index in [-0.39, 0.29) is 6.04 Å². The number of fused-ring (bicyclic) bond motifs is 1. The van der Waals surface area contributed by atoms with E-state index < -0.39 is 0 Å². The molecule has 0 bridgehead atoms. The quantitative estimate of drug-likeness (QED) is 0.827. The molecule has 27 heavy (non-hydrogen) atoms. The number of hydrogen-bond donors (Lipinski definition) is 0. The van der Waals surface area contributed by atoms with Crippen LogP contribution in [0.15, 0.2) is 24.5 Å². The summed E-state index contributed by atoms with van der Waals surface area (Å²) in [6.45, 7) is 4.58. The third kappa shape index (κ3) is 3.38. The molecular weight excluding hydrogens is 338 g/mol. The van der Waals surface area contributed by atoms with Gasteiger partial charge < -0.3 is 0 Å². The maximum Gasteiger partial charge on any atom is 0.173 e. The second-order valence-electron chi connectivity index (χ2n) is 8.28. The van der Waals surface area contributed by atoms with E-state index in [0.29, 0.717) is 12.1 Å². The van der Waals surface area contributed by atoms with Crippen molar-refractivity contribution in [3.8, 4) is 0 Å². The van der Waals surface area contributed by atoms with Crippen molar-refractivity contribution in [1.29, 1.82) is 0 Å². The van der Waals surface area contributed by atoms with Crippen molar-refractivity contribution in [2.75, 3.05) is 26.2 Å². The number of hydrogen-bond acceptors (Lipinski definition) is 6. The summed E-state index contributed by atoms with van der Waals surface area (Å²) in [6.07, 6.45) is 12.7. The molecule has 7 heteroatoms. The van der Waals surface area contributed by atoms with Gasteiger partial charge in [0.25, 0.3) is 0 Å². The molecule has 4 heterocycles. The van der Waals surface area contributed by atoms with Crippen molar-refractivity contribution in [3.05, 3.63) is 35.9 Å². The van der Waals surface area contributed by atoms with E-state index in [1.54, 1.807) is 0 Å². The van der Waals surface area contributed by atoms with Gasteiger partial charge in [0.15, 0.2) is 5.82 Å². The van der Waals surface area contributed by atoms with Crippen molar-refractivity contribution < 1.29 is 0 Å². The van der Waals surface area contributed by atoms with Crippen molar-refractivity contribution in [1.82, 2.24) is 35.0 Å². The molecular formula is C20H29N7. The SMILES string of the molecule is c1cc(C(c2nnnn2C2CCCCC2)N2CCN3CCCC3C2)ccn1. The third-order valence-electron chi connectivity index (χ3n) is 6.69. The van der Waals surface area contributed by atoms with E-state index in [0.717, 1.165) is 25.5 Å². The van der Waals surface area contributed by atoms with E-state index in [1.165, 1.54) is 57.1 Å². The minimum atomic E-state index is 0.118. The number of pyridine rings is 1. The topological polar surface area (TPSA) is 63.0 Å². The monoisotopic (exact) mass is 367 g/mol. The highest BCUT2D eigenvalue weighted by Crippen LogP contribution is 2.35. The van der Waals surface area contributed by atoms with Crippen LogP contribution in [-0.2, 0) is 0 Å². The summed E-state index contributed by atoms with van der Waals surface area (Å²) < 4.78 is 2.14. The summed E-state index contributed by atoms with van der Waals surface area (Å²) in [4.78, 5) is 9.50. The van der Waals surface area contributed by atoms with Crippen LogP contribution in [0.3, 0.4) is 0 Å². The predicted molar refractivity (Wildman–Crippen MR) is 102 cm³/mol. The van der Waals surface area contributed by atoms with Crippen LogP contribution in [0.1, 0.15) is 68.4 Å². The van der Waals surface area contributed by atoms with Gasteiger partial charge in [-0.25, -0.2) is 4.68 Å². The van der Waals surface area contributed by atoms with E-state index in [1.807, 2.05) is 12.4 Å². The normalized spacial score (nSPS) is 26.1. The average Bonchev–Trinajstić information content (AvgIpc) is 3.39. The van der Waals surface area contributed by atoms with Crippen molar-refractivity contribution >= 4 is 0 Å². The fourth-order valence-corrected chi connectivity index (χ4v) is 5.28. The smallest absolute Gasteiger partial charge is 0.173 e. The molecule has 0 radical (unpaired) electrons. The van der Waals surface area contributed by atoms with Crippen molar-refractivity contribution in [3.63, 3.8) is 0 Å². The highest BCUT2D eigenvalue weighted by atomic mass is 15.6. The molecule has 1 saturated carbocycles. The van der Waals surface area contributed by atoms with Gasteiger partial charge in [-0.2, -0.15) is 0 Å². The Kier molecular flexibility index (Phi) is 4.88. The number of piperazine rings is 1. The predicted octanol–water partition coefficient (Wildman–Crippen LogP) is 2.44. The first kappa shape index (κ1) is 17.3. The number of nitrogens with zero attached hydrogens (tertiary/aromatic N) is 7. The Hall–Kier alpha value is -1.86. The average molecular weight is 368 g/mol. The van der Waals surface area contributed by atoms with E-state index in [2.05, 4.69) is 47.1 Å². The first-order chi connectivity index (χ1) is 13.4. The van der Waals surface area contributed by atoms with Gasteiger partial charge in [-0.3, -0.25) is 14.8 Å². The molecule has 2 atom stereocenters. The Morgan fingerprint density at radius 1 is 0.889 bits per heavy atom. The second-order valence-corrected chi connectivity index (χ2v) is 8.28. The van der Waals surface area contributed by atoms with E-state index in [4.69, 9.17) is 0 Å². The lowest BCUT2D eigenvalue weighted by molar-refractivity contribution is 0.0781. The largest absolute Gasteiger partial charge is 0.298 e. The zero-order valence-corrected chi connectivity index (χ0v) is 16.0. The molecule has 0 spiro atoms. The summed E-state index contributed by atoms with van der Waals surface area (Å²) in [5, 5.41) is 13.1. The fraction of sp³-hybridized carbons (Fsp3) is 0.700. The Balaban J connectivity index is 1.49. The third-order valence-corrected chi connectivity index (χ3v) is 6.69. The molecule has 3 aliphatic rings. The molecule has 0 N–H and O–H groups in total. The van der Waals surface area contributed by atoms with Crippen LogP contribution >= 0.6 is 0 Å². The highest BCUT2D eigenvalue weighted by Gasteiger charge is 2.37. The summed E-state index contributed by atoms with van der Waals surface area (Å²) in [7, 11) is 0. The van der Waals surface area contributed by atoms with Crippen LogP contribution < -0.4 is 0 Å². The van der Waals surface area contributed by atoms with Gasteiger partial charge in [-0.15, -0.1) is 5.10 Å². The minimum Gasteiger partial charge on any atom is -0.298 e. The maximum absolute atomic E-state index is 4.55. The molecule has 1 aliphatic carbocycles. The van der Waals surface area contributed by atoms with Crippen LogP contribution in [-0.4, -0.2) is 67.2 Å². The van der Waals surface area contributed by atoms with Gasteiger partial charge >= 0.3 is 0 Å². The lowest BCUT2D eigenvalue weighted by Gasteiger charge is -2.41. The number of aromatic nitrogens is 5. The van der Waals surface area contributed by atoms with Gasteiger partial charge in [0.05, 0.1) is 12.1 Å². The van der Waals surface area contributed by atoms with Gasteiger partial charge in [-0.1, -0.05) is 19.3 Å². The lowest BCUT2D eigenvalue weighted by Crippen LogP contribution is -2.51. The molecule has 2 aromatic heterocycles. The molecule has 2 unspecified atom stereocenters. The van der Waals surface area contributed by atoms with Crippen LogP contribution in [0.25, 0.3) is 0 Å². The second kappa shape index (κ2) is 7.64. The first-order valence-corrected chi connectivity index (χ1v) is 10.6. The first-order valence-electron chi connectivity index (χ1n) is 10.6. The minimum absolute atomic E-state index is 0.118. The summed E-state index contributed by atoms with van der Waals surface area (Å²) >= 11 is 0. The summed E-state index contributed by atoms with van der Waals surface area (Å²) in [5.74, 6) is 1.01. The molecule has 5 rings (SSSR count). The van der Waals surface area contributed by atoms with E-state index in [9.17, 15) is 0 Å². The molecule has 2 aliphatic heterocycles. The Labute approximate surface area is 160 Å². The zero-order chi connectivity index (χ0) is 18.1. The zero-order valence-electron chi connectivity index (χ0n) is 16.0. The summed E-state index contributed by atoms with van der Waals surface area (Å²) in [6, 6.07) is 5.51. The van der Waals surface area contributed by atoms with Crippen molar-refractivity contribution in [2.24, 2.45) is 0 Å².